The van der Waals surface area contributed by atoms with Crippen molar-refractivity contribution in [3.63, 3.8) is 0 Å². The van der Waals surface area contributed by atoms with Crippen LogP contribution in [0, 0.1) is 17.3 Å². The zero-order valence-corrected chi connectivity index (χ0v) is 10.2. The van der Waals surface area contributed by atoms with Gasteiger partial charge in [-0.3, -0.25) is 4.79 Å². The lowest BCUT2D eigenvalue weighted by atomic mass is 9.81. The predicted molar refractivity (Wildman–Crippen MR) is 63.3 cm³/mol. The molecule has 0 unspecified atom stereocenters. The van der Waals surface area contributed by atoms with Gasteiger partial charge in [0.15, 0.2) is 0 Å². The monoisotopic (exact) mass is 225 g/mol. The van der Waals surface area contributed by atoms with Crippen molar-refractivity contribution in [1.82, 2.24) is 5.32 Å². The Balaban J connectivity index is 2.06. The van der Waals surface area contributed by atoms with E-state index in [2.05, 4.69) is 5.32 Å². The van der Waals surface area contributed by atoms with Crippen LogP contribution in [0.25, 0.3) is 0 Å². The molecule has 2 fully saturated rings. The lowest BCUT2D eigenvalue weighted by molar-refractivity contribution is -0.139. The van der Waals surface area contributed by atoms with Crippen molar-refractivity contribution in [1.29, 1.82) is 0 Å². The number of carbonyl (C=O) groups is 1. The Labute approximate surface area is 97.6 Å². The molecule has 0 saturated heterocycles. The van der Waals surface area contributed by atoms with E-state index in [1.807, 2.05) is 7.05 Å². The third kappa shape index (κ3) is 2.40. The van der Waals surface area contributed by atoms with Gasteiger partial charge in [0.2, 0.25) is 0 Å². The minimum Gasteiger partial charge on any atom is -0.481 e. The molecule has 0 radical (unpaired) electrons. The van der Waals surface area contributed by atoms with Crippen LogP contribution < -0.4 is 5.32 Å². The Bertz CT molecular complexity index is 251. The average Bonchev–Trinajstić information content (AvgIpc) is 2.54. The van der Waals surface area contributed by atoms with Crippen molar-refractivity contribution in [2.24, 2.45) is 17.3 Å². The van der Waals surface area contributed by atoms with Crippen LogP contribution in [0.3, 0.4) is 0 Å². The second-order valence-electron chi connectivity index (χ2n) is 5.81. The van der Waals surface area contributed by atoms with Crippen molar-refractivity contribution in [2.45, 2.75) is 44.9 Å². The molecule has 2 N–H and O–H groups in total. The van der Waals surface area contributed by atoms with Gasteiger partial charge in [-0.2, -0.15) is 0 Å². The van der Waals surface area contributed by atoms with Gasteiger partial charge in [0, 0.05) is 6.54 Å². The number of hydrogen-bond donors (Lipinski definition) is 2. The fourth-order valence-electron chi connectivity index (χ4n) is 4.06. The fraction of sp³-hybridized carbons (Fsp3) is 0.923. The highest BCUT2D eigenvalue weighted by Crippen LogP contribution is 2.52. The molecule has 2 aliphatic rings. The van der Waals surface area contributed by atoms with E-state index in [4.69, 9.17) is 5.11 Å². The highest BCUT2D eigenvalue weighted by molar-refractivity contribution is 5.67. The molecule has 3 nitrogen and oxygen atoms in total. The van der Waals surface area contributed by atoms with Gasteiger partial charge in [0.05, 0.1) is 6.42 Å². The van der Waals surface area contributed by atoms with E-state index in [0.29, 0.717) is 6.42 Å². The molecular formula is C13H23NO2. The lowest BCUT2D eigenvalue weighted by Gasteiger charge is -2.27. The zero-order valence-electron chi connectivity index (χ0n) is 10.2. The average molecular weight is 225 g/mol. The molecule has 0 aliphatic heterocycles. The maximum absolute atomic E-state index is 11.0. The molecular weight excluding hydrogens is 202 g/mol. The molecule has 0 bridgehead atoms. The summed E-state index contributed by atoms with van der Waals surface area (Å²) in [6.07, 6.45) is 7.97. The van der Waals surface area contributed by atoms with Crippen LogP contribution in [0.5, 0.6) is 0 Å². The Hall–Kier alpha value is -0.570. The molecule has 0 heterocycles. The maximum atomic E-state index is 11.0. The summed E-state index contributed by atoms with van der Waals surface area (Å²) in [5, 5.41) is 12.3. The predicted octanol–water partition coefficient (Wildman–Crippen LogP) is 2.27. The lowest BCUT2D eigenvalue weighted by Crippen LogP contribution is -2.32. The van der Waals surface area contributed by atoms with Crippen LogP contribution in [0.2, 0.25) is 0 Å². The first-order valence-electron chi connectivity index (χ1n) is 6.52. The normalized spacial score (nSPS) is 38.3. The first kappa shape index (κ1) is 11.9. The minimum absolute atomic E-state index is 0.0419. The van der Waals surface area contributed by atoms with Crippen molar-refractivity contribution in [3.05, 3.63) is 0 Å². The number of fused-ring (bicyclic) bond motifs is 1. The summed E-state index contributed by atoms with van der Waals surface area (Å²) in [5.41, 5.74) is 0.0419. The molecule has 0 amide bonds. The first-order valence-corrected chi connectivity index (χ1v) is 6.52. The van der Waals surface area contributed by atoms with Gasteiger partial charge in [0.1, 0.15) is 0 Å². The molecule has 92 valence electrons. The summed E-state index contributed by atoms with van der Waals surface area (Å²) in [4.78, 5) is 11.0. The van der Waals surface area contributed by atoms with E-state index in [9.17, 15) is 4.79 Å². The quantitative estimate of drug-likeness (QED) is 0.771. The van der Waals surface area contributed by atoms with Crippen molar-refractivity contribution >= 4 is 5.97 Å². The summed E-state index contributed by atoms with van der Waals surface area (Å²) in [6, 6.07) is 0. The van der Waals surface area contributed by atoms with Gasteiger partial charge in [0.25, 0.3) is 0 Å². The van der Waals surface area contributed by atoms with Crippen LogP contribution in [-0.4, -0.2) is 24.7 Å². The van der Waals surface area contributed by atoms with E-state index in [-0.39, 0.29) is 5.41 Å². The second kappa shape index (κ2) is 4.74. The summed E-state index contributed by atoms with van der Waals surface area (Å²) in [5.74, 6) is 0.983. The molecule has 2 rings (SSSR count). The molecule has 0 spiro atoms. The Kier molecular flexibility index (Phi) is 3.53. The van der Waals surface area contributed by atoms with Gasteiger partial charge in [-0.15, -0.1) is 0 Å². The summed E-state index contributed by atoms with van der Waals surface area (Å²) >= 11 is 0. The van der Waals surface area contributed by atoms with Crippen LogP contribution in [0.1, 0.15) is 44.9 Å². The molecule has 16 heavy (non-hydrogen) atoms. The highest BCUT2D eigenvalue weighted by atomic mass is 16.4. The second-order valence-corrected chi connectivity index (χ2v) is 5.81. The van der Waals surface area contributed by atoms with Gasteiger partial charge in [-0.25, -0.2) is 0 Å². The number of rotatable bonds is 4. The molecule has 0 aromatic rings. The van der Waals surface area contributed by atoms with Crippen LogP contribution in [0.4, 0.5) is 0 Å². The topological polar surface area (TPSA) is 49.3 Å². The fourth-order valence-corrected chi connectivity index (χ4v) is 4.06. The third-order valence-electron chi connectivity index (χ3n) is 4.53. The number of aliphatic carboxylic acids is 1. The molecule has 2 aliphatic carbocycles. The number of carboxylic acid groups (broad SMARTS) is 1. The third-order valence-corrected chi connectivity index (χ3v) is 4.53. The smallest absolute Gasteiger partial charge is 0.303 e. The van der Waals surface area contributed by atoms with E-state index in [1.54, 1.807) is 0 Å². The van der Waals surface area contributed by atoms with E-state index in [1.165, 1.54) is 25.7 Å². The van der Waals surface area contributed by atoms with Crippen LogP contribution >= 0.6 is 0 Å². The van der Waals surface area contributed by atoms with E-state index in [0.717, 1.165) is 31.2 Å². The maximum Gasteiger partial charge on any atom is 0.303 e. The van der Waals surface area contributed by atoms with Crippen LogP contribution in [-0.2, 0) is 4.79 Å². The van der Waals surface area contributed by atoms with Gasteiger partial charge in [-0.1, -0.05) is 25.7 Å². The highest BCUT2D eigenvalue weighted by Gasteiger charge is 2.46. The van der Waals surface area contributed by atoms with Gasteiger partial charge in [-0.05, 0) is 37.1 Å². The largest absolute Gasteiger partial charge is 0.481 e. The molecule has 3 atom stereocenters. The standard InChI is InChI=1S/C13H23NO2/c1-14-9-13(8-12(15)16)6-10-4-2-3-5-11(10)7-13/h10-11,14H,2-9H2,1H3,(H,15,16)/t10-,11+,13-. The Morgan fingerprint density at radius 2 is 1.88 bits per heavy atom. The summed E-state index contributed by atoms with van der Waals surface area (Å²) in [7, 11) is 1.94. The summed E-state index contributed by atoms with van der Waals surface area (Å²) in [6.45, 7) is 0.867. The molecule has 0 aromatic carbocycles. The molecule has 2 saturated carbocycles. The first-order chi connectivity index (χ1) is 7.65. The Morgan fingerprint density at radius 1 is 1.31 bits per heavy atom. The number of carboxylic acids is 1. The molecule has 3 heteroatoms. The van der Waals surface area contributed by atoms with Gasteiger partial charge >= 0.3 is 5.97 Å². The van der Waals surface area contributed by atoms with Crippen molar-refractivity contribution in [3.8, 4) is 0 Å². The van der Waals surface area contributed by atoms with E-state index >= 15 is 0 Å². The number of nitrogens with one attached hydrogen (secondary N) is 1. The number of hydrogen-bond acceptors (Lipinski definition) is 2. The molecule has 0 aromatic heterocycles. The van der Waals surface area contributed by atoms with Crippen molar-refractivity contribution < 1.29 is 9.90 Å². The van der Waals surface area contributed by atoms with E-state index < -0.39 is 5.97 Å². The van der Waals surface area contributed by atoms with Crippen molar-refractivity contribution in [2.75, 3.05) is 13.6 Å². The zero-order chi connectivity index (χ0) is 11.6. The summed E-state index contributed by atoms with van der Waals surface area (Å²) < 4.78 is 0. The van der Waals surface area contributed by atoms with Gasteiger partial charge < -0.3 is 10.4 Å². The van der Waals surface area contributed by atoms with Crippen LogP contribution in [0.15, 0.2) is 0 Å². The SMILES string of the molecule is CNC[C@]1(CC(=O)O)C[C@H]2CCCC[C@H]2C1. The minimum atomic E-state index is -0.631. The Morgan fingerprint density at radius 3 is 2.31 bits per heavy atom.